The number of benzene rings is 1. The van der Waals surface area contributed by atoms with E-state index >= 15 is 0 Å². The second kappa shape index (κ2) is 8.19. The maximum Gasteiger partial charge on any atom is 0.228 e. The van der Waals surface area contributed by atoms with Crippen molar-refractivity contribution in [2.45, 2.75) is 12.8 Å². The number of hydrogen-bond donors (Lipinski definition) is 1. The number of nitrogens with one attached hydrogen (secondary N) is 1. The van der Waals surface area contributed by atoms with Gasteiger partial charge in [-0.2, -0.15) is 0 Å². The predicted molar refractivity (Wildman–Crippen MR) is 97.8 cm³/mol. The molecule has 1 N–H and O–H groups in total. The zero-order valence-electron chi connectivity index (χ0n) is 13.7. The van der Waals surface area contributed by atoms with Crippen molar-refractivity contribution in [2.24, 2.45) is 11.8 Å². The van der Waals surface area contributed by atoms with Crippen LogP contribution in [0.5, 0.6) is 0 Å². The van der Waals surface area contributed by atoms with Crippen molar-refractivity contribution >= 4 is 41.5 Å². The van der Waals surface area contributed by atoms with E-state index in [4.69, 9.17) is 11.6 Å². The Kier molecular flexibility index (Phi) is 6.49. The predicted octanol–water partition coefficient (Wildman–Crippen LogP) is 2.18. The SMILES string of the molecule is CNCC1CCN(C(=O)C2CC(=O)N(c3ccc(Cl)cc3)C2)C1.Cl. The van der Waals surface area contributed by atoms with Crippen LogP contribution in [-0.4, -0.2) is 49.9 Å². The molecule has 5 nitrogen and oxygen atoms in total. The quantitative estimate of drug-likeness (QED) is 0.882. The monoisotopic (exact) mass is 371 g/mol. The summed E-state index contributed by atoms with van der Waals surface area (Å²) >= 11 is 5.89. The van der Waals surface area contributed by atoms with E-state index in [2.05, 4.69) is 5.32 Å². The minimum atomic E-state index is -0.230. The molecule has 0 radical (unpaired) electrons. The van der Waals surface area contributed by atoms with Crippen molar-refractivity contribution in [2.75, 3.05) is 38.1 Å². The van der Waals surface area contributed by atoms with Crippen LogP contribution >= 0.6 is 24.0 Å². The molecule has 2 fully saturated rings. The molecule has 2 unspecified atom stereocenters. The van der Waals surface area contributed by atoms with Gasteiger partial charge in [0.25, 0.3) is 0 Å². The van der Waals surface area contributed by atoms with Crippen LogP contribution in [0.4, 0.5) is 5.69 Å². The topological polar surface area (TPSA) is 52.7 Å². The first kappa shape index (κ1) is 19.0. The first-order valence-corrected chi connectivity index (χ1v) is 8.45. The highest BCUT2D eigenvalue weighted by atomic mass is 35.5. The summed E-state index contributed by atoms with van der Waals surface area (Å²) in [6.45, 7) is 3.00. The Bertz CT molecular complexity index is 594. The summed E-state index contributed by atoms with van der Waals surface area (Å²) in [7, 11) is 1.93. The minimum Gasteiger partial charge on any atom is -0.342 e. The van der Waals surface area contributed by atoms with Crippen molar-refractivity contribution in [3.63, 3.8) is 0 Å². The summed E-state index contributed by atoms with van der Waals surface area (Å²) < 4.78 is 0. The van der Waals surface area contributed by atoms with Crippen molar-refractivity contribution in [1.82, 2.24) is 10.2 Å². The van der Waals surface area contributed by atoms with Gasteiger partial charge >= 0.3 is 0 Å². The highest BCUT2D eigenvalue weighted by Crippen LogP contribution is 2.28. The Labute approximate surface area is 153 Å². The number of carbonyl (C=O) groups excluding carboxylic acids is 2. The van der Waals surface area contributed by atoms with E-state index < -0.39 is 0 Å². The average Bonchev–Trinajstić information content (AvgIpc) is 3.15. The summed E-state index contributed by atoms with van der Waals surface area (Å²) in [5.74, 6) is 0.421. The molecular formula is C17H23Cl2N3O2. The first-order valence-electron chi connectivity index (χ1n) is 8.08. The normalized spacial score (nSPS) is 23.5. The fourth-order valence-electron chi connectivity index (χ4n) is 3.49. The van der Waals surface area contributed by atoms with E-state index in [1.54, 1.807) is 17.0 Å². The molecule has 2 amide bonds. The fourth-order valence-corrected chi connectivity index (χ4v) is 3.62. The van der Waals surface area contributed by atoms with Crippen LogP contribution < -0.4 is 10.2 Å². The Balaban J connectivity index is 0.00000208. The van der Waals surface area contributed by atoms with Gasteiger partial charge in [0, 0.05) is 36.8 Å². The first-order chi connectivity index (χ1) is 11.1. The van der Waals surface area contributed by atoms with Gasteiger partial charge in [-0.3, -0.25) is 9.59 Å². The van der Waals surface area contributed by atoms with Gasteiger partial charge < -0.3 is 15.1 Å². The van der Waals surface area contributed by atoms with Crippen LogP contribution in [0.25, 0.3) is 0 Å². The van der Waals surface area contributed by atoms with E-state index in [0.29, 0.717) is 23.9 Å². The van der Waals surface area contributed by atoms with E-state index in [1.807, 2.05) is 24.1 Å². The number of likely N-dealkylation sites (tertiary alicyclic amines) is 1. The van der Waals surface area contributed by atoms with Gasteiger partial charge in [-0.25, -0.2) is 0 Å². The molecule has 7 heteroatoms. The van der Waals surface area contributed by atoms with Crippen LogP contribution in [0.3, 0.4) is 0 Å². The molecular weight excluding hydrogens is 349 g/mol. The Morgan fingerprint density at radius 2 is 2.00 bits per heavy atom. The van der Waals surface area contributed by atoms with E-state index in [9.17, 15) is 9.59 Å². The largest absolute Gasteiger partial charge is 0.342 e. The van der Waals surface area contributed by atoms with Gasteiger partial charge in [0.15, 0.2) is 0 Å². The minimum absolute atomic E-state index is 0. The molecule has 2 saturated heterocycles. The highest BCUT2D eigenvalue weighted by Gasteiger charge is 2.38. The number of carbonyl (C=O) groups is 2. The standard InChI is InChI=1S/C17H22ClN3O2.ClH/c1-19-9-12-6-7-20(10-12)17(23)13-8-16(22)21(11-13)15-4-2-14(18)3-5-15;/h2-5,12-13,19H,6-11H2,1H3;1H. The molecule has 0 bridgehead atoms. The molecule has 1 aromatic carbocycles. The van der Waals surface area contributed by atoms with Crippen molar-refractivity contribution in [1.29, 1.82) is 0 Å². The lowest BCUT2D eigenvalue weighted by atomic mass is 10.1. The zero-order chi connectivity index (χ0) is 16.4. The third-order valence-corrected chi connectivity index (χ3v) is 4.95. The lowest BCUT2D eigenvalue weighted by Gasteiger charge is -2.21. The summed E-state index contributed by atoms with van der Waals surface area (Å²) in [6.07, 6.45) is 1.34. The number of rotatable bonds is 4. The molecule has 2 atom stereocenters. The van der Waals surface area contributed by atoms with Crippen molar-refractivity contribution in [3.05, 3.63) is 29.3 Å². The zero-order valence-corrected chi connectivity index (χ0v) is 15.3. The van der Waals surface area contributed by atoms with E-state index in [1.165, 1.54) is 0 Å². The molecule has 0 aromatic heterocycles. The molecule has 2 aliphatic heterocycles. The average molecular weight is 372 g/mol. The number of halogens is 2. The van der Waals surface area contributed by atoms with Gasteiger partial charge in [-0.05, 0) is 50.2 Å². The second-order valence-electron chi connectivity index (χ2n) is 6.38. The molecule has 0 spiro atoms. The van der Waals surface area contributed by atoms with Gasteiger partial charge in [0.05, 0.1) is 5.92 Å². The molecule has 132 valence electrons. The van der Waals surface area contributed by atoms with Gasteiger partial charge in [-0.15, -0.1) is 12.4 Å². The molecule has 1 aromatic rings. The molecule has 3 rings (SSSR count). The number of anilines is 1. The van der Waals surface area contributed by atoms with Crippen LogP contribution in [0, 0.1) is 11.8 Å². The van der Waals surface area contributed by atoms with Crippen molar-refractivity contribution < 1.29 is 9.59 Å². The van der Waals surface area contributed by atoms with E-state index in [-0.39, 0.29) is 30.1 Å². The number of hydrogen-bond acceptors (Lipinski definition) is 3. The number of amides is 2. The molecule has 0 saturated carbocycles. The maximum absolute atomic E-state index is 12.7. The van der Waals surface area contributed by atoms with Crippen LogP contribution in [0.15, 0.2) is 24.3 Å². The summed E-state index contributed by atoms with van der Waals surface area (Å²) in [5.41, 5.74) is 0.809. The Hall–Kier alpha value is -1.30. The van der Waals surface area contributed by atoms with Crippen LogP contribution in [0.1, 0.15) is 12.8 Å². The lowest BCUT2D eigenvalue weighted by Crippen LogP contribution is -2.36. The fraction of sp³-hybridized carbons (Fsp3) is 0.529. The Morgan fingerprint density at radius 1 is 1.29 bits per heavy atom. The molecule has 24 heavy (non-hydrogen) atoms. The summed E-state index contributed by atoms with van der Waals surface area (Å²) in [6, 6.07) is 7.18. The maximum atomic E-state index is 12.7. The van der Waals surface area contributed by atoms with Gasteiger partial charge in [0.1, 0.15) is 0 Å². The lowest BCUT2D eigenvalue weighted by molar-refractivity contribution is -0.134. The Morgan fingerprint density at radius 3 is 2.67 bits per heavy atom. The van der Waals surface area contributed by atoms with Crippen LogP contribution in [0.2, 0.25) is 5.02 Å². The van der Waals surface area contributed by atoms with Crippen LogP contribution in [-0.2, 0) is 9.59 Å². The molecule has 0 aliphatic carbocycles. The summed E-state index contributed by atoms with van der Waals surface area (Å²) in [4.78, 5) is 28.6. The number of nitrogens with zero attached hydrogens (tertiary/aromatic N) is 2. The second-order valence-corrected chi connectivity index (χ2v) is 6.81. The highest BCUT2D eigenvalue weighted by molar-refractivity contribution is 6.30. The molecule has 2 aliphatic rings. The third kappa shape index (κ3) is 4.02. The molecule has 2 heterocycles. The van der Waals surface area contributed by atoms with Crippen molar-refractivity contribution in [3.8, 4) is 0 Å². The van der Waals surface area contributed by atoms with Gasteiger partial charge in [-0.1, -0.05) is 11.6 Å². The summed E-state index contributed by atoms with van der Waals surface area (Å²) in [5, 5.41) is 3.81. The third-order valence-electron chi connectivity index (χ3n) is 4.70. The van der Waals surface area contributed by atoms with Gasteiger partial charge in [0.2, 0.25) is 11.8 Å². The smallest absolute Gasteiger partial charge is 0.228 e. The van der Waals surface area contributed by atoms with E-state index in [0.717, 1.165) is 31.7 Å².